The van der Waals surface area contributed by atoms with E-state index in [1.54, 1.807) is 42.5 Å². The molecule has 0 saturated heterocycles. The van der Waals surface area contributed by atoms with Gasteiger partial charge in [-0.3, -0.25) is 14.6 Å². The lowest BCUT2D eigenvalue weighted by atomic mass is 10.0. The molecule has 27 heavy (non-hydrogen) atoms. The van der Waals surface area contributed by atoms with Gasteiger partial charge in [0, 0.05) is 6.20 Å². The maximum atomic E-state index is 13.0. The van der Waals surface area contributed by atoms with Gasteiger partial charge < -0.3 is 9.47 Å². The summed E-state index contributed by atoms with van der Waals surface area (Å²) in [4.78, 5) is 29.3. The normalized spacial score (nSPS) is 15.1. The second-order valence-electron chi connectivity index (χ2n) is 5.99. The van der Waals surface area contributed by atoms with Crippen molar-refractivity contribution in [2.75, 3.05) is 0 Å². The predicted octanol–water partition coefficient (Wildman–Crippen LogP) is 3.63. The number of hydrogen-bond acceptors (Lipinski definition) is 5. The number of fused-ring (bicyclic) bond motifs is 1. The van der Waals surface area contributed by atoms with Crippen molar-refractivity contribution >= 4 is 11.6 Å². The number of pyridine rings is 1. The van der Waals surface area contributed by atoms with Gasteiger partial charge in [0.05, 0.1) is 0 Å². The van der Waals surface area contributed by atoms with E-state index in [0.717, 1.165) is 5.56 Å². The Hall–Kier alpha value is -3.54. The number of Topliss-reactive ketones (excluding diaryl/α,β-unsaturated/α-hetero) is 2. The molecule has 0 N–H and O–H groups in total. The first-order valence-corrected chi connectivity index (χ1v) is 8.30. The number of carbonyl (C=O) groups is 2. The lowest BCUT2D eigenvalue weighted by molar-refractivity contribution is 0.0716. The van der Waals surface area contributed by atoms with Crippen LogP contribution in [0, 0.1) is 5.82 Å². The van der Waals surface area contributed by atoms with Gasteiger partial charge in [0.25, 0.3) is 0 Å². The third kappa shape index (κ3) is 3.29. The molecule has 2 aromatic carbocycles. The summed E-state index contributed by atoms with van der Waals surface area (Å²) in [5.41, 5.74) is 1.15. The number of ketones is 2. The summed E-state index contributed by atoms with van der Waals surface area (Å²) < 4.78 is 24.3. The van der Waals surface area contributed by atoms with Crippen LogP contribution in [0.3, 0.4) is 0 Å². The lowest BCUT2D eigenvalue weighted by Gasteiger charge is -2.09. The van der Waals surface area contributed by atoms with Gasteiger partial charge in [-0.25, -0.2) is 4.39 Å². The fourth-order valence-electron chi connectivity index (χ4n) is 2.84. The second-order valence-corrected chi connectivity index (χ2v) is 5.99. The SMILES string of the molecule is O=C(c1ccccn1)C1Oc2cccc(OCc3ccc(F)cc3)c2C1=O. The minimum Gasteiger partial charge on any atom is -0.488 e. The molecule has 1 unspecified atom stereocenters. The zero-order valence-corrected chi connectivity index (χ0v) is 14.1. The van der Waals surface area contributed by atoms with Crippen LogP contribution in [0.4, 0.5) is 4.39 Å². The summed E-state index contributed by atoms with van der Waals surface area (Å²) in [5, 5.41) is 0. The Morgan fingerprint density at radius 3 is 2.63 bits per heavy atom. The molecule has 0 aliphatic carbocycles. The standard InChI is InChI=1S/C21H14FNO4/c22-14-9-7-13(8-10-14)12-26-16-5-3-6-17-18(16)20(25)21(27-17)19(24)15-4-1-2-11-23-15/h1-11,21H,12H2. The first-order valence-electron chi connectivity index (χ1n) is 8.30. The Labute approximate surface area is 154 Å². The van der Waals surface area contributed by atoms with Crippen molar-refractivity contribution in [1.82, 2.24) is 4.98 Å². The smallest absolute Gasteiger partial charge is 0.229 e. The van der Waals surface area contributed by atoms with Crippen LogP contribution in [0.2, 0.25) is 0 Å². The summed E-state index contributed by atoms with van der Waals surface area (Å²) in [5.74, 6) is -0.681. The topological polar surface area (TPSA) is 65.5 Å². The monoisotopic (exact) mass is 363 g/mol. The van der Waals surface area contributed by atoms with Crippen LogP contribution in [0.25, 0.3) is 0 Å². The van der Waals surface area contributed by atoms with E-state index in [1.165, 1.54) is 24.4 Å². The highest BCUT2D eigenvalue weighted by Crippen LogP contribution is 2.37. The van der Waals surface area contributed by atoms with Crippen molar-refractivity contribution in [1.29, 1.82) is 0 Å². The molecule has 0 bridgehead atoms. The maximum Gasteiger partial charge on any atom is 0.229 e. The average molecular weight is 363 g/mol. The maximum absolute atomic E-state index is 13.0. The van der Waals surface area contributed by atoms with E-state index >= 15 is 0 Å². The molecule has 3 aromatic rings. The molecular formula is C21H14FNO4. The van der Waals surface area contributed by atoms with Gasteiger partial charge in [-0.1, -0.05) is 24.3 Å². The fraction of sp³-hybridized carbons (Fsp3) is 0.0952. The van der Waals surface area contributed by atoms with E-state index in [4.69, 9.17) is 9.47 Å². The first kappa shape index (κ1) is 16.9. The summed E-state index contributed by atoms with van der Waals surface area (Å²) >= 11 is 0. The molecule has 0 radical (unpaired) electrons. The molecule has 4 rings (SSSR count). The highest BCUT2D eigenvalue weighted by Gasteiger charge is 2.41. The number of aromatic nitrogens is 1. The van der Waals surface area contributed by atoms with Gasteiger partial charge in [0.1, 0.15) is 35.2 Å². The van der Waals surface area contributed by atoms with E-state index in [-0.39, 0.29) is 23.7 Å². The molecule has 0 saturated carbocycles. The van der Waals surface area contributed by atoms with E-state index in [2.05, 4.69) is 4.98 Å². The molecule has 0 fully saturated rings. The Morgan fingerprint density at radius 2 is 1.89 bits per heavy atom. The number of hydrogen-bond donors (Lipinski definition) is 0. The summed E-state index contributed by atoms with van der Waals surface area (Å²) in [6.07, 6.45) is 0.210. The average Bonchev–Trinajstić information content (AvgIpc) is 3.05. The van der Waals surface area contributed by atoms with Crippen molar-refractivity contribution in [3.63, 3.8) is 0 Å². The van der Waals surface area contributed by atoms with Crippen LogP contribution < -0.4 is 9.47 Å². The van der Waals surface area contributed by atoms with E-state index in [0.29, 0.717) is 11.5 Å². The van der Waals surface area contributed by atoms with Gasteiger partial charge in [0.2, 0.25) is 17.7 Å². The molecular weight excluding hydrogens is 349 g/mol. The zero-order chi connectivity index (χ0) is 18.8. The van der Waals surface area contributed by atoms with Crippen LogP contribution in [-0.4, -0.2) is 22.7 Å². The Morgan fingerprint density at radius 1 is 1.07 bits per heavy atom. The Bertz CT molecular complexity index is 1000. The second kappa shape index (κ2) is 6.99. The van der Waals surface area contributed by atoms with E-state index < -0.39 is 17.7 Å². The van der Waals surface area contributed by atoms with Crippen molar-refractivity contribution in [3.8, 4) is 11.5 Å². The number of ether oxygens (including phenoxy) is 2. The Balaban J connectivity index is 1.56. The summed E-state index contributed by atoms with van der Waals surface area (Å²) in [6, 6.07) is 15.7. The number of benzene rings is 2. The van der Waals surface area contributed by atoms with Gasteiger partial charge in [0.15, 0.2) is 0 Å². The number of nitrogens with zero attached hydrogens (tertiary/aromatic N) is 1. The highest BCUT2D eigenvalue weighted by molar-refractivity contribution is 6.21. The molecule has 1 atom stereocenters. The predicted molar refractivity (Wildman–Crippen MR) is 94.5 cm³/mol. The highest BCUT2D eigenvalue weighted by atomic mass is 19.1. The van der Waals surface area contributed by atoms with Crippen molar-refractivity contribution < 1.29 is 23.5 Å². The van der Waals surface area contributed by atoms with Crippen LogP contribution in [0.1, 0.15) is 26.4 Å². The van der Waals surface area contributed by atoms with Gasteiger partial charge in [-0.15, -0.1) is 0 Å². The quantitative estimate of drug-likeness (QED) is 0.512. The molecule has 134 valence electrons. The van der Waals surface area contributed by atoms with Crippen LogP contribution in [-0.2, 0) is 6.61 Å². The third-order valence-electron chi connectivity index (χ3n) is 4.18. The van der Waals surface area contributed by atoms with Gasteiger partial charge >= 0.3 is 0 Å². The lowest BCUT2D eigenvalue weighted by Crippen LogP contribution is -2.31. The molecule has 2 heterocycles. The molecule has 0 amide bonds. The number of rotatable bonds is 5. The molecule has 6 heteroatoms. The van der Waals surface area contributed by atoms with E-state index in [9.17, 15) is 14.0 Å². The summed E-state index contributed by atoms with van der Waals surface area (Å²) in [7, 11) is 0. The van der Waals surface area contributed by atoms with Crippen LogP contribution in [0.15, 0.2) is 66.9 Å². The minimum absolute atomic E-state index is 0.156. The molecule has 1 aliphatic rings. The van der Waals surface area contributed by atoms with Crippen LogP contribution >= 0.6 is 0 Å². The minimum atomic E-state index is -1.27. The number of halogens is 1. The van der Waals surface area contributed by atoms with Crippen LogP contribution in [0.5, 0.6) is 11.5 Å². The first-order chi connectivity index (χ1) is 13.1. The van der Waals surface area contributed by atoms with Crippen molar-refractivity contribution in [2.45, 2.75) is 12.7 Å². The number of carbonyl (C=O) groups excluding carboxylic acids is 2. The summed E-state index contributed by atoms with van der Waals surface area (Å²) in [6.45, 7) is 0.156. The fourth-order valence-corrected chi connectivity index (χ4v) is 2.84. The van der Waals surface area contributed by atoms with Gasteiger partial charge in [-0.05, 0) is 42.0 Å². The molecule has 0 spiro atoms. The molecule has 1 aliphatic heterocycles. The van der Waals surface area contributed by atoms with Crippen molar-refractivity contribution in [3.05, 3.63) is 89.5 Å². The van der Waals surface area contributed by atoms with E-state index in [1.807, 2.05) is 0 Å². The third-order valence-corrected chi connectivity index (χ3v) is 4.18. The zero-order valence-electron chi connectivity index (χ0n) is 14.1. The van der Waals surface area contributed by atoms with Crippen molar-refractivity contribution in [2.24, 2.45) is 0 Å². The van der Waals surface area contributed by atoms with Gasteiger partial charge in [-0.2, -0.15) is 0 Å². The molecule has 5 nitrogen and oxygen atoms in total. The molecule has 1 aromatic heterocycles. The largest absolute Gasteiger partial charge is 0.488 e. The Kier molecular flexibility index (Phi) is 4.38.